The summed E-state index contributed by atoms with van der Waals surface area (Å²) >= 11 is 0. The fraction of sp³-hybridized carbons (Fsp3) is 0.857. The van der Waals surface area contributed by atoms with Crippen molar-refractivity contribution < 1.29 is 91.9 Å². The first-order valence-corrected chi connectivity index (χ1v) is 9.00. The van der Waals surface area contributed by atoms with Gasteiger partial charge in [0.05, 0.1) is 5.75 Å². The third-order valence-corrected chi connectivity index (χ3v) is 3.52. The van der Waals surface area contributed by atoms with Crippen LogP contribution < -0.4 is 69.3 Å². The minimum absolute atomic E-state index is 0. The van der Waals surface area contributed by atoms with Crippen LogP contribution in [0.5, 0.6) is 0 Å². The maximum atomic E-state index is 10.4. The number of carboxylic acid groups (broad SMARTS) is 2. The molecule has 0 radical (unpaired) electrons. The summed E-state index contributed by atoms with van der Waals surface area (Å²) in [6.07, 6.45) is 5.26. The topological polar surface area (TPSA) is 135 Å². The quantitative estimate of drug-likeness (QED) is 0.213. The second-order valence-electron chi connectivity index (χ2n) is 5.48. The van der Waals surface area contributed by atoms with Crippen molar-refractivity contribution in [3.8, 4) is 0 Å². The predicted molar refractivity (Wildman–Crippen MR) is 78.2 cm³/mol. The van der Waals surface area contributed by atoms with Crippen molar-refractivity contribution in [2.45, 2.75) is 65.2 Å². The Morgan fingerprint density at radius 1 is 0.875 bits per heavy atom. The van der Waals surface area contributed by atoms with Crippen LogP contribution in [0.1, 0.15) is 65.2 Å². The maximum absolute atomic E-state index is 10.4. The van der Waals surface area contributed by atoms with Crippen molar-refractivity contribution in [2.75, 3.05) is 5.75 Å². The molecule has 0 heterocycles. The van der Waals surface area contributed by atoms with E-state index in [4.69, 9.17) is 4.55 Å². The summed E-state index contributed by atoms with van der Waals surface area (Å²) in [5.41, 5.74) is 0. The van der Waals surface area contributed by atoms with E-state index in [-0.39, 0.29) is 64.9 Å². The summed E-state index contributed by atoms with van der Waals surface area (Å²) in [6.45, 7) is 4.41. The molecule has 0 aliphatic rings. The van der Waals surface area contributed by atoms with E-state index in [0.717, 1.165) is 18.8 Å². The van der Waals surface area contributed by atoms with Crippen LogP contribution in [0.4, 0.5) is 0 Å². The number of unbranched alkanes of at least 4 members (excludes halogenated alkanes) is 4. The second-order valence-corrected chi connectivity index (χ2v) is 7.05. The zero-order valence-corrected chi connectivity index (χ0v) is 20.1. The van der Waals surface area contributed by atoms with Gasteiger partial charge in [-0.2, -0.15) is 8.42 Å². The Bertz CT molecular complexity index is 397. The van der Waals surface area contributed by atoms with E-state index in [1.54, 1.807) is 0 Å². The molecule has 132 valence electrons. The number of rotatable bonds is 11. The molecule has 0 aromatic heterocycles. The maximum Gasteiger partial charge on any atom is 1.00 e. The zero-order chi connectivity index (χ0) is 17.6. The molecule has 24 heavy (non-hydrogen) atoms. The van der Waals surface area contributed by atoms with Gasteiger partial charge in [0, 0.05) is 11.9 Å². The summed E-state index contributed by atoms with van der Waals surface area (Å²) in [5, 5.41) is 19.0. The molecule has 7 nitrogen and oxygen atoms in total. The molecule has 0 aromatic rings. The normalized spacial score (nSPS) is 10.0. The van der Waals surface area contributed by atoms with Gasteiger partial charge in [0.1, 0.15) is 0 Å². The molecule has 0 atom stereocenters. The molecule has 0 fully saturated rings. The third kappa shape index (κ3) is 38.4. The molecule has 10 heteroatoms. The van der Waals surface area contributed by atoms with E-state index in [9.17, 15) is 28.2 Å². The van der Waals surface area contributed by atoms with E-state index >= 15 is 0 Å². The molecule has 0 amide bonds. The first-order valence-electron chi connectivity index (χ1n) is 7.39. The van der Waals surface area contributed by atoms with Crippen LogP contribution >= 0.6 is 0 Å². The van der Waals surface area contributed by atoms with Gasteiger partial charge >= 0.3 is 59.1 Å². The first kappa shape index (κ1) is 32.5. The van der Waals surface area contributed by atoms with Crippen LogP contribution in [0, 0.1) is 5.92 Å². The Labute approximate surface area is 189 Å². The molecule has 0 saturated carbocycles. The Hall–Kier alpha value is 0.850. The largest absolute Gasteiger partial charge is 1.00 e. The Kier molecular flexibility index (Phi) is 27.3. The van der Waals surface area contributed by atoms with Crippen LogP contribution in [0.25, 0.3) is 0 Å². The minimum Gasteiger partial charge on any atom is -0.550 e. The van der Waals surface area contributed by atoms with Gasteiger partial charge in [0.15, 0.2) is 0 Å². The van der Waals surface area contributed by atoms with Gasteiger partial charge in [-0.15, -0.1) is 0 Å². The average Bonchev–Trinajstić information content (AvgIpc) is 2.34. The molecule has 0 spiro atoms. The summed E-state index contributed by atoms with van der Waals surface area (Å²) in [5.74, 6) is -2.06. The number of hydrogen-bond acceptors (Lipinski definition) is 6. The van der Waals surface area contributed by atoms with Crippen molar-refractivity contribution in [1.82, 2.24) is 0 Å². The molecule has 0 rings (SSSR count). The molecule has 1 N–H and O–H groups in total. The van der Waals surface area contributed by atoms with Crippen molar-refractivity contribution in [3.05, 3.63) is 0 Å². The van der Waals surface area contributed by atoms with Crippen LogP contribution in [0.2, 0.25) is 0 Å². The molecular weight excluding hydrogens is 358 g/mol. The van der Waals surface area contributed by atoms with Crippen LogP contribution in [-0.4, -0.2) is 30.7 Å². The molecule has 0 aliphatic heterocycles. The zero-order valence-electron chi connectivity index (χ0n) is 15.2. The monoisotopic (exact) mass is 384 g/mol. The summed E-state index contributed by atoms with van der Waals surface area (Å²) < 4.78 is 29.2. The van der Waals surface area contributed by atoms with Crippen molar-refractivity contribution in [1.29, 1.82) is 0 Å². The number of carbonyl (C=O) groups is 2. The summed E-state index contributed by atoms with van der Waals surface area (Å²) in [6, 6.07) is 0. The van der Waals surface area contributed by atoms with Crippen LogP contribution in [0.3, 0.4) is 0 Å². The van der Waals surface area contributed by atoms with Gasteiger partial charge in [-0.05, 0) is 25.2 Å². The third-order valence-electron chi connectivity index (χ3n) is 2.72. The van der Waals surface area contributed by atoms with E-state index in [1.165, 1.54) is 19.3 Å². The molecule has 0 saturated heterocycles. The van der Waals surface area contributed by atoms with Crippen molar-refractivity contribution in [2.24, 2.45) is 5.92 Å². The van der Waals surface area contributed by atoms with Crippen molar-refractivity contribution in [3.63, 3.8) is 0 Å². The number of carboxylic acids is 2. The van der Waals surface area contributed by atoms with Gasteiger partial charge in [-0.3, -0.25) is 4.55 Å². The van der Waals surface area contributed by atoms with E-state index in [2.05, 4.69) is 13.8 Å². The van der Waals surface area contributed by atoms with Gasteiger partial charge in [0.25, 0.3) is 10.1 Å². The molecule has 0 bridgehead atoms. The van der Waals surface area contributed by atoms with Crippen LogP contribution in [0.15, 0.2) is 0 Å². The van der Waals surface area contributed by atoms with Gasteiger partial charge < -0.3 is 19.8 Å². The first-order chi connectivity index (χ1) is 10.0. The fourth-order valence-corrected chi connectivity index (χ4v) is 2.14. The van der Waals surface area contributed by atoms with Crippen molar-refractivity contribution >= 4 is 22.1 Å². The fourth-order valence-electron chi connectivity index (χ4n) is 1.57. The predicted octanol–water partition coefficient (Wildman–Crippen LogP) is -5.85. The van der Waals surface area contributed by atoms with E-state index < -0.39 is 34.9 Å². The van der Waals surface area contributed by atoms with Crippen LogP contribution in [-0.2, 0) is 19.7 Å². The number of carbonyl (C=O) groups excluding carboxylic acids is 2. The van der Waals surface area contributed by atoms with Gasteiger partial charge in [-0.25, -0.2) is 0 Å². The molecular formula is C14H26Na2O7S. The molecule has 0 unspecified atom stereocenters. The standard InChI is InChI=1S/C10H22O3S.C4H6O4.2Na/c1-10(2)8-6-4-3-5-7-9-14(11,12)13;5-3(6)1-2-4(7)8;;/h10H,3-9H2,1-2H3,(H,11,12,13);1-2H2,(H,5,6)(H,7,8);;/q;;2*+1/p-2. The van der Waals surface area contributed by atoms with E-state index in [1.807, 2.05) is 0 Å². The summed E-state index contributed by atoms with van der Waals surface area (Å²) in [7, 11) is -3.73. The molecule has 0 aliphatic carbocycles. The Morgan fingerprint density at radius 2 is 1.25 bits per heavy atom. The Morgan fingerprint density at radius 3 is 1.58 bits per heavy atom. The second kappa shape index (κ2) is 20.2. The molecule has 0 aromatic carbocycles. The number of aliphatic carboxylic acids is 2. The Balaban J connectivity index is -0.000000174. The SMILES string of the molecule is CC(C)CCCCCCCS(=O)(=O)O.O=C([O-])CCC(=O)[O-].[Na+].[Na+]. The average molecular weight is 384 g/mol. The number of hydrogen-bond donors (Lipinski definition) is 1. The van der Waals surface area contributed by atoms with Gasteiger partial charge in [0.2, 0.25) is 0 Å². The van der Waals surface area contributed by atoms with Gasteiger partial charge in [-0.1, -0.05) is 46.0 Å². The van der Waals surface area contributed by atoms with E-state index in [0.29, 0.717) is 6.42 Å². The summed E-state index contributed by atoms with van der Waals surface area (Å²) in [4.78, 5) is 19.0. The smallest absolute Gasteiger partial charge is 0.550 e. The minimum atomic E-state index is -3.73.